The van der Waals surface area contributed by atoms with Crippen molar-refractivity contribution in [2.75, 3.05) is 0 Å². The Balaban J connectivity index is 1.49. The van der Waals surface area contributed by atoms with Gasteiger partial charge < -0.3 is 8.83 Å². The zero-order valence-electron chi connectivity index (χ0n) is 18.9. The first-order chi connectivity index (χ1) is 17.8. The highest BCUT2D eigenvalue weighted by Crippen LogP contribution is 2.43. The Morgan fingerprint density at radius 1 is 0.556 bits per heavy atom. The molecule has 5 aromatic carbocycles. The molecule has 0 saturated carbocycles. The Labute approximate surface area is 207 Å². The van der Waals surface area contributed by atoms with Gasteiger partial charge in [0, 0.05) is 21.5 Å². The summed E-state index contributed by atoms with van der Waals surface area (Å²) in [6.07, 6.45) is 0. The van der Waals surface area contributed by atoms with Crippen molar-refractivity contribution in [2.24, 2.45) is 0 Å². The van der Waals surface area contributed by atoms with Crippen LogP contribution in [0, 0.1) is 0 Å². The number of aromatic nitrogens is 2. The van der Waals surface area contributed by atoms with E-state index in [-0.39, 0.29) is 0 Å². The first-order valence-electron chi connectivity index (χ1n) is 11.9. The van der Waals surface area contributed by atoms with Crippen molar-refractivity contribution in [3.63, 3.8) is 0 Å². The van der Waals surface area contributed by atoms with Crippen molar-refractivity contribution in [3.05, 3.63) is 97.1 Å². The third-order valence-electron chi connectivity index (χ3n) is 7.25. The van der Waals surface area contributed by atoms with Gasteiger partial charge in [0.25, 0.3) is 0 Å². The molecule has 4 heterocycles. The third-order valence-corrected chi connectivity index (χ3v) is 8.26. The first kappa shape index (κ1) is 18.7. The topological polar surface area (TPSA) is 44.1 Å². The minimum Gasteiger partial charge on any atom is -0.456 e. The van der Waals surface area contributed by atoms with E-state index in [0.29, 0.717) is 0 Å². The molecule has 0 spiro atoms. The maximum Gasteiger partial charge on any atom is 0.195 e. The minimum absolute atomic E-state index is 0.867. The van der Waals surface area contributed by atoms with Crippen molar-refractivity contribution < 1.29 is 8.83 Å². The van der Waals surface area contributed by atoms with Gasteiger partial charge in [0.05, 0.1) is 32.0 Å². The molecule has 0 fully saturated rings. The normalized spacial score (nSPS) is 12.4. The van der Waals surface area contributed by atoms with Crippen LogP contribution in [-0.4, -0.2) is 9.55 Å². The molecule has 36 heavy (non-hydrogen) atoms. The van der Waals surface area contributed by atoms with E-state index in [0.717, 1.165) is 70.3 Å². The zero-order valence-corrected chi connectivity index (χ0v) is 19.7. The maximum atomic E-state index is 6.26. The van der Waals surface area contributed by atoms with Crippen LogP contribution in [0.25, 0.3) is 81.0 Å². The number of benzene rings is 5. The summed E-state index contributed by atoms with van der Waals surface area (Å²) < 4.78 is 15.9. The Hall–Kier alpha value is -4.61. The number of fused-ring (bicyclic) bond motifs is 12. The van der Waals surface area contributed by atoms with Gasteiger partial charge in [-0.05, 0) is 42.5 Å². The Kier molecular flexibility index (Phi) is 3.39. The smallest absolute Gasteiger partial charge is 0.195 e. The highest BCUT2D eigenvalue weighted by molar-refractivity contribution is 7.21. The molecule has 0 saturated heterocycles. The summed E-state index contributed by atoms with van der Waals surface area (Å²) in [5, 5.41) is 7.75. The van der Waals surface area contributed by atoms with Crippen LogP contribution < -0.4 is 0 Å². The van der Waals surface area contributed by atoms with Crippen molar-refractivity contribution >= 4 is 87.2 Å². The molecule has 0 N–H and O–H groups in total. The van der Waals surface area contributed by atoms with Gasteiger partial charge in [-0.25, -0.2) is 4.98 Å². The highest BCUT2D eigenvalue weighted by atomic mass is 32.1. The Morgan fingerprint density at radius 2 is 1.19 bits per heavy atom. The molecular weight excluding hydrogens is 464 g/mol. The Morgan fingerprint density at radius 3 is 2.00 bits per heavy atom. The van der Waals surface area contributed by atoms with Crippen LogP contribution in [0.2, 0.25) is 0 Å². The average Bonchev–Trinajstić information content (AvgIpc) is 3.66. The summed E-state index contributed by atoms with van der Waals surface area (Å²) in [7, 11) is 0. The standard InChI is InChI=1S/C31H16N2O2S/c1-4-10-21-17(7-1)18-13-14-25-28(20-9-3-6-12-23(20)35-25)30(18)33(21)31-32-29-26(36-31)16-15-24-27(29)19-8-2-5-11-22(19)34-24/h1-16H. The lowest BCUT2D eigenvalue weighted by molar-refractivity contribution is 0.669. The maximum absolute atomic E-state index is 6.26. The van der Waals surface area contributed by atoms with Crippen molar-refractivity contribution in [1.82, 2.24) is 9.55 Å². The number of rotatable bonds is 1. The van der Waals surface area contributed by atoms with E-state index in [1.807, 2.05) is 24.3 Å². The second-order valence-corrected chi connectivity index (χ2v) is 10.2. The molecule has 0 radical (unpaired) electrons. The molecular formula is C31H16N2O2S. The number of hydrogen-bond donors (Lipinski definition) is 0. The summed E-state index contributed by atoms with van der Waals surface area (Å²) in [6.45, 7) is 0. The van der Waals surface area contributed by atoms with Crippen LogP contribution >= 0.6 is 11.3 Å². The number of furan rings is 2. The largest absolute Gasteiger partial charge is 0.456 e. The van der Waals surface area contributed by atoms with Gasteiger partial charge in [-0.3, -0.25) is 4.57 Å². The second kappa shape index (κ2) is 6.53. The molecule has 0 aliphatic heterocycles. The van der Waals surface area contributed by atoms with Gasteiger partial charge in [-0.2, -0.15) is 0 Å². The Bertz CT molecular complexity index is 2330. The molecule has 0 aliphatic carbocycles. The fourth-order valence-corrected chi connectivity index (χ4v) is 6.74. The summed E-state index contributed by atoms with van der Waals surface area (Å²) in [4.78, 5) is 5.27. The van der Waals surface area contributed by atoms with Crippen LogP contribution in [0.1, 0.15) is 0 Å². The van der Waals surface area contributed by atoms with Crippen molar-refractivity contribution in [2.45, 2.75) is 0 Å². The summed E-state index contributed by atoms with van der Waals surface area (Å²) in [6, 6.07) is 33.5. The van der Waals surface area contributed by atoms with Crippen LogP contribution in [0.4, 0.5) is 0 Å². The third kappa shape index (κ3) is 2.26. The van der Waals surface area contributed by atoms with E-state index in [1.165, 1.54) is 10.8 Å². The summed E-state index contributed by atoms with van der Waals surface area (Å²) in [5.74, 6) is 0. The fraction of sp³-hybridized carbons (Fsp3) is 0. The molecule has 0 amide bonds. The van der Waals surface area contributed by atoms with Gasteiger partial charge in [-0.1, -0.05) is 65.9 Å². The molecule has 4 aromatic heterocycles. The van der Waals surface area contributed by atoms with Gasteiger partial charge in [0.1, 0.15) is 22.3 Å². The van der Waals surface area contributed by atoms with Crippen molar-refractivity contribution in [1.29, 1.82) is 0 Å². The second-order valence-electron chi connectivity index (χ2n) is 9.17. The van der Waals surface area contributed by atoms with E-state index in [2.05, 4.69) is 77.4 Å². The van der Waals surface area contributed by atoms with E-state index < -0.39 is 0 Å². The van der Waals surface area contributed by atoms with Crippen LogP contribution in [0.3, 0.4) is 0 Å². The number of thiazole rings is 1. The molecule has 168 valence electrons. The van der Waals surface area contributed by atoms with E-state index in [4.69, 9.17) is 13.8 Å². The number of para-hydroxylation sites is 3. The average molecular weight is 481 g/mol. The molecule has 9 aromatic rings. The van der Waals surface area contributed by atoms with Crippen LogP contribution in [-0.2, 0) is 0 Å². The predicted molar refractivity (Wildman–Crippen MR) is 149 cm³/mol. The molecule has 5 heteroatoms. The van der Waals surface area contributed by atoms with Crippen LogP contribution in [0.15, 0.2) is 106 Å². The fourth-order valence-electron chi connectivity index (χ4n) is 5.75. The first-order valence-corrected chi connectivity index (χ1v) is 12.7. The SMILES string of the molecule is c1ccc2c(c1)oc1ccc3sc(-n4c5ccccc5c5ccc6oc7ccccc7c6c54)nc3c12. The molecule has 0 unspecified atom stereocenters. The summed E-state index contributed by atoms with van der Waals surface area (Å²) in [5.41, 5.74) is 6.78. The van der Waals surface area contributed by atoms with Gasteiger partial charge in [-0.15, -0.1) is 0 Å². The molecule has 4 nitrogen and oxygen atoms in total. The molecule has 9 rings (SSSR count). The molecule has 0 bridgehead atoms. The highest BCUT2D eigenvalue weighted by Gasteiger charge is 2.21. The monoisotopic (exact) mass is 480 g/mol. The lowest BCUT2D eigenvalue weighted by atomic mass is 10.1. The van der Waals surface area contributed by atoms with Gasteiger partial charge in [0.15, 0.2) is 5.13 Å². The van der Waals surface area contributed by atoms with Gasteiger partial charge in [0.2, 0.25) is 0 Å². The van der Waals surface area contributed by atoms with E-state index in [1.54, 1.807) is 11.3 Å². The minimum atomic E-state index is 0.867. The predicted octanol–water partition coefficient (Wildman–Crippen LogP) is 9.19. The quantitative estimate of drug-likeness (QED) is 0.235. The van der Waals surface area contributed by atoms with E-state index in [9.17, 15) is 0 Å². The molecule has 0 atom stereocenters. The lowest BCUT2D eigenvalue weighted by Crippen LogP contribution is -1.93. The molecule has 0 aliphatic rings. The summed E-state index contributed by atoms with van der Waals surface area (Å²) >= 11 is 1.71. The lowest BCUT2D eigenvalue weighted by Gasteiger charge is -2.04. The van der Waals surface area contributed by atoms with E-state index >= 15 is 0 Å². The van der Waals surface area contributed by atoms with Crippen LogP contribution in [0.5, 0.6) is 0 Å². The zero-order chi connectivity index (χ0) is 23.4. The number of hydrogen-bond acceptors (Lipinski definition) is 4. The van der Waals surface area contributed by atoms with Crippen molar-refractivity contribution in [3.8, 4) is 5.13 Å². The van der Waals surface area contributed by atoms with Gasteiger partial charge >= 0.3 is 0 Å². The number of nitrogens with zero attached hydrogens (tertiary/aromatic N) is 2.